The Bertz CT molecular complexity index is 1420. The highest BCUT2D eigenvalue weighted by Gasteiger charge is 2.31. The predicted molar refractivity (Wildman–Crippen MR) is 142 cm³/mol. The summed E-state index contributed by atoms with van der Waals surface area (Å²) in [4.78, 5) is 32.7. The molecule has 0 saturated carbocycles. The number of aromatic nitrogens is 3. The van der Waals surface area contributed by atoms with E-state index in [-0.39, 0.29) is 39.4 Å². The minimum absolute atomic E-state index is 0.0387. The van der Waals surface area contributed by atoms with Crippen molar-refractivity contribution in [3.63, 3.8) is 0 Å². The normalized spacial score (nSPS) is 20.5. The number of anilines is 1. The molecule has 192 valence electrons. The summed E-state index contributed by atoms with van der Waals surface area (Å²) < 4.78 is 16.5. The van der Waals surface area contributed by atoms with Crippen LogP contribution < -0.4 is 5.32 Å². The fourth-order valence-corrected chi connectivity index (χ4v) is 5.53. The van der Waals surface area contributed by atoms with E-state index in [2.05, 4.69) is 15.4 Å². The number of amides is 2. The minimum atomic E-state index is -0.624. The van der Waals surface area contributed by atoms with E-state index >= 15 is 0 Å². The van der Waals surface area contributed by atoms with Crippen LogP contribution in [0.5, 0.6) is 0 Å². The summed E-state index contributed by atoms with van der Waals surface area (Å²) in [6, 6.07) is 6.44. The van der Waals surface area contributed by atoms with E-state index in [4.69, 9.17) is 23.2 Å². The first-order chi connectivity index (χ1) is 17.7. The van der Waals surface area contributed by atoms with Gasteiger partial charge >= 0.3 is 0 Å². The summed E-state index contributed by atoms with van der Waals surface area (Å²) in [6.45, 7) is 2.27. The van der Waals surface area contributed by atoms with E-state index < -0.39 is 5.82 Å². The van der Waals surface area contributed by atoms with Gasteiger partial charge in [0.15, 0.2) is 5.82 Å². The Morgan fingerprint density at radius 3 is 2.70 bits per heavy atom. The van der Waals surface area contributed by atoms with Crippen molar-refractivity contribution in [2.24, 2.45) is 13.0 Å². The van der Waals surface area contributed by atoms with Crippen molar-refractivity contribution in [2.75, 3.05) is 11.9 Å². The van der Waals surface area contributed by atoms with Gasteiger partial charge in [0.25, 0.3) is 0 Å². The van der Waals surface area contributed by atoms with Gasteiger partial charge in [-0.25, -0.2) is 4.39 Å². The Balaban J connectivity index is 1.53. The maximum atomic E-state index is 14.8. The van der Waals surface area contributed by atoms with Crippen LogP contribution in [-0.2, 0) is 16.6 Å². The lowest BCUT2D eigenvalue weighted by atomic mass is 9.93. The van der Waals surface area contributed by atoms with E-state index in [1.165, 1.54) is 18.2 Å². The Kier molecular flexibility index (Phi) is 7.05. The van der Waals surface area contributed by atoms with E-state index in [1.807, 2.05) is 26.1 Å². The van der Waals surface area contributed by atoms with Crippen molar-refractivity contribution in [2.45, 2.75) is 38.6 Å². The first-order valence-corrected chi connectivity index (χ1v) is 12.9. The molecular weight excluding hydrogens is 516 g/mol. The molecule has 2 amide bonds. The summed E-state index contributed by atoms with van der Waals surface area (Å²) in [7, 11) is 1.82. The van der Waals surface area contributed by atoms with E-state index in [9.17, 15) is 14.0 Å². The molecule has 2 atom stereocenters. The van der Waals surface area contributed by atoms with Crippen molar-refractivity contribution >= 4 is 46.3 Å². The number of carbonyl (C=O) groups excluding carboxylic acids is 2. The SMILES string of the molecule is C[C@@H]1CCC[C@H](N2CCC(c3c(Cl)ccc(Cl)c3F)=CC2=O)c2cc(ccn2)-c2c(cnn2C)NC1=O. The lowest BCUT2D eigenvalue weighted by molar-refractivity contribution is -0.129. The fourth-order valence-electron chi connectivity index (χ4n) is 5.10. The zero-order valence-electron chi connectivity index (χ0n) is 20.5. The van der Waals surface area contributed by atoms with Crippen LogP contribution in [-0.4, -0.2) is 38.0 Å². The second kappa shape index (κ2) is 10.3. The molecule has 5 rings (SSSR count). The van der Waals surface area contributed by atoms with Crippen molar-refractivity contribution in [1.29, 1.82) is 0 Å². The number of hydrogen-bond donors (Lipinski definition) is 1. The zero-order chi connectivity index (χ0) is 26.3. The lowest BCUT2D eigenvalue weighted by Crippen LogP contribution is -2.38. The predicted octanol–water partition coefficient (Wildman–Crippen LogP) is 6.04. The zero-order valence-corrected chi connectivity index (χ0v) is 22.0. The van der Waals surface area contributed by atoms with Gasteiger partial charge in [0, 0.05) is 42.9 Å². The van der Waals surface area contributed by atoms with Crippen LogP contribution in [0.2, 0.25) is 10.0 Å². The molecule has 2 aliphatic rings. The van der Waals surface area contributed by atoms with Crippen LogP contribution in [0.15, 0.2) is 42.7 Å². The molecule has 4 heterocycles. The molecule has 1 N–H and O–H groups in total. The number of nitrogens with one attached hydrogen (secondary N) is 1. The molecule has 37 heavy (non-hydrogen) atoms. The van der Waals surface area contributed by atoms with Crippen LogP contribution in [0.25, 0.3) is 16.8 Å². The molecule has 3 aromatic rings. The molecule has 1 aromatic carbocycles. The van der Waals surface area contributed by atoms with E-state index in [0.717, 1.165) is 23.4 Å². The van der Waals surface area contributed by atoms with Crippen LogP contribution in [0.1, 0.15) is 49.9 Å². The first-order valence-electron chi connectivity index (χ1n) is 12.2. The van der Waals surface area contributed by atoms with E-state index in [1.54, 1.807) is 22.0 Å². The van der Waals surface area contributed by atoms with Gasteiger partial charge in [0.05, 0.1) is 39.4 Å². The molecule has 0 saturated heterocycles. The molecule has 10 heteroatoms. The molecule has 0 fully saturated rings. The third kappa shape index (κ3) is 4.88. The second-order valence-corrected chi connectivity index (χ2v) is 10.3. The van der Waals surface area contributed by atoms with E-state index in [0.29, 0.717) is 37.1 Å². The second-order valence-electron chi connectivity index (χ2n) is 9.51. The number of pyridine rings is 1. The largest absolute Gasteiger partial charge is 0.330 e. The molecule has 0 aliphatic carbocycles. The van der Waals surface area contributed by atoms with Crippen molar-refractivity contribution in [3.05, 3.63) is 69.9 Å². The van der Waals surface area contributed by atoms with Crippen LogP contribution >= 0.6 is 23.2 Å². The van der Waals surface area contributed by atoms with Gasteiger partial charge in [-0.3, -0.25) is 19.3 Å². The standard InChI is InChI=1S/C27H26Cl2FN5O2/c1-15-4-3-5-22(20-12-17(8-10-31-20)26-21(33-27(15)37)14-32-34(26)2)35-11-9-16(13-23(35)36)24-18(28)6-7-19(29)25(24)30/h6-8,10,12-15,22H,3-5,9,11H2,1-2H3,(H,33,37)/t15-,22+/m1/s1. The smallest absolute Gasteiger partial charge is 0.247 e. The highest BCUT2D eigenvalue weighted by molar-refractivity contribution is 6.34. The van der Waals surface area contributed by atoms with Gasteiger partial charge in [-0.05, 0) is 49.1 Å². The molecule has 0 unspecified atom stereocenters. The Hall–Kier alpha value is -3.23. The molecule has 2 aliphatic heterocycles. The van der Waals surface area contributed by atoms with Gasteiger partial charge < -0.3 is 10.2 Å². The number of nitrogens with zero attached hydrogens (tertiary/aromatic N) is 4. The number of benzene rings is 1. The number of carbonyl (C=O) groups is 2. The average Bonchev–Trinajstić information content (AvgIpc) is 3.24. The Labute approximate surface area is 224 Å². The Morgan fingerprint density at radius 2 is 1.92 bits per heavy atom. The number of fused-ring (bicyclic) bond motifs is 4. The first kappa shape index (κ1) is 25.4. The molecule has 0 spiro atoms. The third-order valence-corrected chi connectivity index (χ3v) is 7.71. The van der Waals surface area contributed by atoms with Gasteiger partial charge in [-0.15, -0.1) is 0 Å². The highest BCUT2D eigenvalue weighted by Crippen LogP contribution is 2.38. The molecule has 2 aromatic heterocycles. The van der Waals surface area contributed by atoms with Crippen molar-refractivity contribution in [1.82, 2.24) is 19.7 Å². The summed E-state index contributed by atoms with van der Waals surface area (Å²) in [6.07, 6.45) is 7.23. The van der Waals surface area contributed by atoms with Crippen LogP contribution in [0, 0.1) is 11.7 Å². The number of aryl methyl sites for hydroxylation is 1. The molecule has 2 bridgehead atoms. The fraction of sp³-hybridized carbons (Fsp3) is 0.333. The maximum absolute atomic E-state index is 14.8. The van der Waals surface area contributed by atoms with Gasteiger partial charge in [0.2, 0.25) is 11.8 Å². The topological polar surface area (TPSA) is 80.1 Å². The average molecular weight is 542 g/mol. The molecular formula is C27H26Cl2FN5O2. The highest BCUT2D eigenvalue weighted by atomic mass is 35.5. The van der Waals surface area contributed by atoms with Gasteiger partial charge in [-0.2, -0.15) is 5.10 Å². The van der Waals surface area contributed by atoms with Crippen LogP contribution in [0.3, 0.4) is 0 Å². The lowest BCUT2D eigenvalue weighted by Gasteiger charge is -2.34. The number of rotatable bonds is 2. The Morgan fingerprint density at radius 1 is 1.14 bits per heavy atom. The molecule has 7 nitrogen and oxygen atoms in total. The quantitative estimate of drug-likeness (QED) is 0.401. The van der Waals surface area contributed by atoms with Gasteiger partial charge in [-0.1, -0.05) is 36.5 Å². The molecule has 0 radical (unpaired) electrons. The summed E-state index contributed by atoms with van der Waals surface area (Å²) >= 11 is 12.2. The summed E-state index contributed by atoms with van der Waals surface area (Å²) in [5.74, 6) is -1.15. The summed E-state index contributed by atoms with van der Waals surface area (Å²) in [5, 5.41) is 7.52. The summed E-state index contributed by atoms with van der Waals surface area (Å²) in [5.41, 5.74) is 3.68. The number of hydrogen-bond acceptors (Lipinski definition) is 4. The monoisotopic (exact) mass is 541 g/mol. The van der Waals surface area contributed by atoms with Crippen molar-refractivity contribution in [3.8, 4) is 11.3 Å². The number of halogens is 3. The van der Waals surface area contributed by atoms with Gasteiger partial charge in [0.1, 0.15) is 0 Å². The third-order valence-electron chi connectivity index (χ3n) is 7.10. The minimum Gasteiger partial charge on any atom is -0.330 e. The maximum Gasteiger partial charge on any atom is 0.247 e. The van der Waals surface area contributed by atoms with Crippen molar-refractivity contribution < 1.29 is 14.0 Å². The van der Waals surface area contributed by atoms with Crippen LogP contribution in [0.4, 0.5) is 10.1 Å².